The molecule has 0 unspecified atom stereocenters. The van der Waals surface area contributed by atoms with Gasteiger partial charge in [0.15, 0.2) is 5.69 Å². The maximum absolute atomic E-state index is 11.3. The van der Waals surface area contributed by atoms with E-state index in [1.54, 1.807) is 0 Å². The van der Waals surface area contributed by atoms with Gasteiger partial charge in [0.25, 0.3) is 0 Å². The molecule has 0 atom stereocenters. The monoisotopic (exact) mass is 246 g/mol. The number of aromatic nitrogens is 1. The molecule has 6 nitrogen and oxygen atoms in total. The van der Waals surface area contributed by atoms with Crippen molar-refractivity contribution in [3.05, 3.63) is 33.6 Å². The summed E-state index contributed by atoms with van der Waals surface area (Å²) in [5, 5.41) is 10.9. The average Bonchev–Trinajstić information content (AvgIpc) is 3.19. The van der Waals surface area contributed by atoms with Gasteiger partial charge in [0, 0.05) is 18.2 Å². The molecule has 18 heavy (non-hydrogen) atoms. The quantitative estimate of drug-likeness (QED) is 0.342. The minimum atomic E-state index is -0.660. The van der Waals surface area contributed by atoms with Gasteiger partial charge in [-0.2, -0.15) is 0 Å². The first kappa shape index (κ1) is 12.0. The number of hydrogen-bond donors (Lipinski definition) is 0. The van der Waals surface area contributed by atoms with Crippen LogP contribution in [0.4, 0.5) is 5.69 Å². The highest BCUT2D eigenvalue weighted by molar-refractivity contribution is 5.89. The number of carbonyl (C=O) groups excluding carboxylic acids is 1. The van der Waals surface area contributed by atoms with Gasteiger partial charge in [-0.05, 0) is 18.8 Å². The van der Waals surface area contributed by atoms with Crippen molar-refractivity contribution >= 4 is 11.7 Å². The zero-order valence-corrected chi connectivity index (χ0v) is 9.67. The Morgan fingerprint density at radius 1 is 1.61 bits per heavy atom. The molecule has 2 rings (SSSR count). The molecular formula is C12H10N2O4. The molecule has 0 radical (unpaired) electrons. The third kappa shape index (κ3) is 2.63. The van der Waals surface area contributed by atoms with Crippen LogP contribution in [-0.2, 0) is 4.74 Å². The molecule has 0 spiro atoms. The molecule has 92 valence electrons. The van der Waals surface area contributed by atoms with Gasteiger partial charge in [-0.1, -0.05) is 5.92 Å². The Hall–Kier alpha value is -2.42. The number of hydrogen-bond acceptors (Lipinski definition) is 5. The molecule has 0 aromatic carbocycles. The fraction of sp³-hybridized carbons (Fsp3) is 0.333. The molecule has 1 saturated carbocycles. The lowest BCUT2D eigenvalue weighted by Gasteiger charge is -1.99. The van der Waals surface area contributed by atoms with Crippen LogP contribution in [0.5, 0.6) is 0 Å². The molecule has 0 aliphatic heterocycles. The van der Waals surface area contributed by atoms with E-state index in [2.05, 4.69) is 21.6 Å². The van der Waals surface area contributed by atoms with E-state index >= 15 is 0 Å². The lowest BCUT2D eigenvalue weighted by atomic mass is 10.2. The molecule has 1 aliphatic rings. The van der Waals surface area contributed by atoms with Crippen molar-refractivity contribution in [1.29, 1.82) is 0 Å². The number of ether oxygens (including phenoxy) is 1. The highest BCUT2D eigenvalue weighted by Crippen LogP contribution is 2.28. The summed E-state index contributed by atoms with van der Waals surface area (Å²) >= 11 is 0. The second-order valence-corrected chi connectivity index (χ2v) is 3.88. The number of methoxy groups -OCH3 is 1. The number of nitrogens with zero attached hydrogens (tertiary/aromatic N) is 2. The Morgan fingerprint density at radius 2 is 2.33 bits per heavy atom. The fourth-order valence-electron chi connectivity index (χ4n) is 1.32. The van der Waals surface area contributed by atoms with E-state index in [-0.39, 0.29) is 16.9 Å². The number of carbonyl (C=O) groups is 1. The number of pyridine rings is 1. The van der Waals surface area contributed by atoms with Crippen LogP contribution < -0.4 is 0 Å². The molecule has 1 aromatic heterocycles. The van der Waals surface area contributed by atoms with Crippen LogP contribution in [0.3, 0.4) is 0 Å². The summed E-state index contributed by atoms with van der Waals surface area (Å²) in [5.41, 5.74) is -0.147. The maximum Gasteiger partial charge on any atom is 0.339 e. The molecular weight excluding hydrogens is 236 g/mol. The van der Waals surface area contributed by atoms with Crippen LogP contribution in [-0.4, -0.2) is 23.0 Å². The van der Waals surface area contributed by atoms with Gasteiger partial charge in [0.1, 0.15) is 0 Å². The van der Waals surface area contributed by atoms with Crippen LogP contribution in [0.15, 0.2) is 12.3 Å². The van der Waals surface area contributed by atoms with Crippen molar-refractivity contribution in [1.82, 2.24) is 4.98 Å². The minimum Gasteiger partial charge on any atom is -0.465 e. The molecule has 0 N–H and O–H groups in total. The second kappa shape index (κ2) is 4.84. The van der Waals surface area contributed by atoms with E-state index in [0.717, 1.165) is 18.9 Å². The molecule has 1 heterocycles. The molecule has 0 bridgehead atoms. The predicted octanol–water partition coefficient (Wildman–Crippen LogP) is 1.54. The summed E-state index contributed by atoms with van der Waals surface area (Å²) in [6.45, 7) is 0. The standard InChI is InChI=1S/C12H10N2O4/c1-18-12(15)9-6-11(14(16)17)10(13-7-9)5-4-8-2-3-8/h6-8H,2-3H2,1H3. The SMILES string of the molecule is COC(=O)c1cnc(C#CC2CC2)c([N+](=O)[O-])c1. The zero-order chi connectivity index (χ0) is 13.1. The maximum atomic E-state index is 11.3. The Morgan fingerprint density at radius 3 is 2.89 bits per heavy atom. The van der Waals surface area contributed by atoms with Crippen LogP contribution in [0.2, 0.25) is 0 Å². The van der Waals surface area contributed by atoms with Crippen molar-refractivity contribution in [3.63, 3.8) is 0 Å². The molecule has 0 saturated heterocycles. The van der Waals surface area contributed by atoms with E-state index < -0.39 is 10.9 Å². The normalized spacial score (nSPS) is 13.4. The summed E-state index contributed by atoms with van der Waals surface area (Å²) in [6, 6.07) is 1.13. The molecule has 1 aliphatic carbocycles. The number of esters is 1. The first-order valence-electron chi connectivity index (χ1n) is 5.36. The largest absolute Gasteiger partial charge is 0.465 e. The predicted molar refractivity (Wildman–Crippen MR) is 61.8 cm³/mol. The zero-order valence-electron chi connectivity index (χ0n) is 9.67. The summed E-state index contributed by atoms with van der Waals surface area (Å²) in [5.74, 6) is 5.25. The summed E-state index contributed by atoms with van der Waals surface area (Å²) < 4.78 is 4.48. The third-order valence-corrected chi connectivity index (χ3v) is 2.46. The van der Waals surface area contributed by atoms with Crippen molar-refractivity contribution in [2.24, 2.45) is 5.92 Å². The van der Waals surface area contributed by atoms with Gasteiger partial charge >= 0.3 is 11.7 Å². The van der Waals surface area contributed by atoms with Gasteiger partial charge in [-0.25, -0.2) is 9.78 Å². The fourth-order valence-corrected chi connectivity index (χ4v) is 1.32. The highest BCUT2D eigenvalue weighted by atomic mass is 16.6. The smallest absolute Gasteiger partial charge is 0.339 e. The lowest BCUT2D eigenvalue weighted by Crippen LogP contribution is -2.04. The van der Waals surface area contributed by atoms with Gasteiger partial charge in [-0.15, -0.1) is 0 Å². The second-order valence-electron chi connectivity index (χ2n) is 3.88. The summed E-state index contributed by atoms with van der Waals surface area (Å²) in [6.07, 6.45) is 3.29. The highest BCUT2D eigenvalue weighted by Gasteiger charge is 2.20. The lowest BCUT2D eigenvalue weighted by molar-refractivity contribution is -0.385. The topological polar surface area (TPSA) is 82.3 Å². The number of nitro groups is 1. The third-order valence-electron chi connectivity index (χ3n) is 2.46. The van der Waals surface area contributed by atoms with E-state index in [1.807, 2.05) is 0 Å². The van der Waals surface area contributed by atoms with Crippen molar-refractivity contribution in [3.8, 4) is 11.8 Å². The van der Waals surface area contributed by atoms with E-state index in [4.69, 9.17) is 0 Å². The van der Waals surface area contributed by atoms with Crippen LogP contribution in [0.1, 0.15) is 28.9 Å². The Kier molecular flexibility index (Phi) is 3.24. The van der Waals surface area contributed by atoms with E-state index in [1.165, 1.54) is 13.3 Å². The van der Waals surface area contributed by atoms with Crippen molar-refractivity contribution in [2.75, 3.05) is 7.11 Å². The van der Waals surface area contributed by atoms with E-state index in [0.29, 0.717) is 5.92 Å². The first-order valence-corrected chi connectivity index (χ1v) is 5.36. The van der Waals surface area contributed by atoms with Gasteiger partial charge < -0.3 is 4.74 Å². The molecule has 6 heteroatoms. The molecule has 0 amide bonds. The summed E-state index contributed by atoms with van der Waals surface area (Å²) in [4.78, 5) is 25.4. The van der Waals surface area contributed by atoms with E-state index in [9.17, 15) is 14.9 Å². The first-order chi connectivity index (χ1) is 8.61. The van der Waals surface area contributed by atoms with Crippen LogP contribution in [0.25, 0.3) is 0 Å². The van der Waals surface area contributed by atoms with Crippen LogP contribution in [0, 0.1) is 27.9 Å². The van der Waals surface area contributed by atoms with Crippen molar-refractivity contribution in [2.45, 2.75) is 12.8 Å². The number of rotatable bonds is 2. The molecule has 1 fully saturated rings. The van der Waals surface area contributed by atoms with Crippen LogP contribution >= 0.6 is 0 Å². The minimum absolute atomic E-state index is 0.0428. The van der Waals surface area contributed by atoms with Crippen molar-refractivity contribution < 1.29 is 14.5 Å². The Bertz CT molecular complexity index is 567. The summed E-state index contributed by atoms with van der Waals surface area (Å²) in [7, 11) is 1.20. The van der Waals surface area contributed by atoms with Gasteiger partial charge in [0.05, 0.1) is 17.6 Å². The van der Waals surface area contributed by atoms with Gasteiger partial charge in [-0.3, -0.25) is 10.1 Å². The molecule has 1 aromatic rings. The van der Waals surface area contributed by atoms with Gasteiger partial charge in [0.2, 0.25) is 0 Å². The Balaban J connectivity index is 2.38. The Labute approximate surface area is 103 Å². The average molecular weight is 246 g/mol.